The first-order valence-electron chi connectivity index (χ1n) is 7.11. The largest absolute Gasteiger partial charge is 0.468 e. The summed E-state index contributed by atoms with van der Waals surface area (Å²) < 4.78 is 7.00. The van der Waals surface area contributed by atoms with Crippen molar-refractivity contribution in [3.63, 3.8) is 0 Å². The highest BCUT2D eigenvalue weighted by Gasteiger charge is 2.19. The van der Waals surface area contributed by atoms with E-state index >= 15 is 0 Å². The molecule has 2 N–H and O–H groups in total. The van der Waals surface area contributed by atoms with E-state index in [2.05, 4.69) is 22.5 Å². The number of benzene rings is 1. The normalized spacial score (nSPS) is 14.0. The lowest BCUT2D eigenvalue weighted by Crippen LogP contribution is -2.24. The second-order valence-electron chi connectivity index (χ2n) is 4.96. The average molecular weight is 297 g/mol. The molecule has 114 valence electrons. The van der Waals surface area contributed by atoms with Crippen LogP contribution < -0.4 is 10.6 Å². The summed E-state index contributed by atoms with van der Waals surface area (Å²) in [7, 11) is 3.50. The number of anilines is 1. The molecular formula is C16H19N5O. The summed E-state index contributed by atoms with van der Waals surface area (Å²) in [4.78, 5) is 4.33. The quantitative estimate of drug-likeness (QED) is 0.911. The number of nitrogens with one attached hydrogen (secondary N) is 2. The Morgan fingerprint density at radius 2 is 2.05 bits per heavy atom. The molecule has 6 nitrogen and oxygen atoms in total. The second-order valence-corrected chi connectivity index (χ2v) is 4.96. The number of aliphatic imine (C=N–C) groups is 1. The Balaban J connectivity index is 2.01. The van der Waals surface area contributed by atoms with Gasteiger partial charge in [0.25, 0.3) is 6.02 Å². The molecule has 0 atom stereocenters. The number of methoxy groups -OCH3 is 1. The lowest BCUT2D eigenvalue weighted by molar-refractivity contribution is 0.385. The van der Waals surface area contributed by atoms with Crippen molar-refractivity contribution in [1.29, 1.82) is 0 Å². The highest BCUT2D eigenvalue weighted by atomic mass is 16.5. The average Bonchev–Trinajstić information content (AvgIpc) is 2.92. The maximum Gasteiger partial charge on any atom is 0.288 e. The van der Waals surface area contributed by atoms with Crippen molar-refractivity contribution in [2.75, 3.05) is 26.0 Å². The number of rotatable bonds is 3. The Bertz CT molecular complexity index is 730. The summed E-state index contributed by atoms with van der Waals surface area (Å²) in [5.74, 6) is 0.976. The van der Waals surface area contributed by atoms with Crippen LogP contribution in [-0.4, -0.2) is 36.5 Å². The van der Waals surface area contributed by atoms with E-state index in [-0.39, 0.29) is 0 Å². The third-order valence-corrected chi connectivity index (χ3v) is 3.62. The number of hydrogen-bond donors (Lipinski definition) is 2. The highest BCUT2D eigenvalue weighted by Crippen LogP contribution is 2.27. The number of amidine groups is 1. The highest BCUT2D eigenvalue weighted by molar-refractivity contribution is 5.82. The van der Waals surface area contributed by atoms with E-state index in [0.717, 1.165) is 28.3 Å². The molecule has 6 heteroatoms. The first-order valence-corrected chi connectivity index (χ1v) is 7.11. The van der Waals surface area contributed by atoms with Gasteiger partial charge in [0, 0.05) is 24.4 Å². The van der Waals surface area contributed by atoms with E-state index in [1.54, 1.807) is 7.11 Å². The van der Waals surface area contributed by atoms with Crippen LogP contribution in [0.5, 0.6) is 0 Å². The van der Waals surface area contributed by atoms with Crippen molar-refractivity contribution in [1.82, 2.24) is 15.1 Å². The molecule has 0 fully saturated rings. The Kier molecular flexibility index (Phi) is 3.82. The summed E-state index contributed by atoms with van der Waals surface area (Å²) in [6, 6.07) is 10.6. The molecule has 0 spiro atoms. The first kappa shape index (κ1) is 14.2. The van der Waals surface area contributed by atoms with Crippen molar-refractivity contribution in [2.45, 2.75) is 6.92 Å². The maximum absolute atomic E-state index is 5.08. The van der Waals surface area contributed by atoms with Crippen molar-refractivity contribution < 1.29 is 4.74 Å². The smallest absolute Gasteiger partial charge is 0.288 e. The number of hydrogen-bond acceptors (Lipinski definition) is 5. The Labute approximate surface area is 129 Å². The minimum Gasteiger partial charge on any atom is -0.468 e. The van der Waals surface area contributed by atoms with Gasteiger partial charge in [-0.25, -0.2) is 9.67 Å². The van der Waals surface area contributed by atoms with Gasteiger partial charge in [0.2, 0.25) is 0 Å². The maximum atomic E-state index is 5.08. The third kappa shape index (κ3) is 2.43. The number of ether oxygens (including phenoxy) is 1. The molecule has 0 saturated carbocycles. The predicted octanol–water partition coefficient (Wildman–Crippen LogP) is 2.17. The van der Waals surface area contributed by atoms with Crippen molar-refractivity contribution in [2.24, 2.45) is 4.99 Å². The minimum atomic E-state index is 0.526. The van der Waals surface area contributed by atoms with E-state index in [9.17, 15) is 0 Å². The lowest BCUT2D eigenvalue weighted by Gasteiger charge is -2.12. The van der Waals surface area contributed by atoms with Crippen LogP contribution in [0.3, 0.4) is 0 Å². The molecule has 0 bridgehead atoms. The summed E-state index contributed by atoms with van der Waals surface area (Å²) in [6.45, 7) is 2.61. The summed E-state index contributed by atoms with van der Waals surface area (Å²) in [6.07, 6.45) is 1.90. The van der Waals surface area contributed by atoms with Gasteiger partial charge in [0.15, 0.2) is 0 Å². The molecule has 2 aromatic rings. The minimum absolute atomic E-state index is 0.526. The lowest BCUT2D eigenvalue weighted by atomic mass is 10.1. The number of nitrogens with zero attached hydrogens (tertiary/aromatic N) is 3. The molecule has 0 aliphatic carbocycles. The van der Waals surface area contributed by atoms with Crippen LogP contribution in [0.2, 0.25) is 0 Å². The van der Waals surface area contributed by atoms with Crippen LogP contribution in [0.4, 0.5) is 5.82 Å². The molecule has 2 heterocycles. The molecule has 1 aliphatic heterocycles. The topological polar surface area (TPSA) is 63.5 Å². The van der Waals surface area contributed by atoms with Crippen LogP contribution in [0.1, 0.15) is 11.3 Å². The van der Waals surface area contributed by atoms with E-state index in [1.165, 1.54) is 0 Å². The van der Waals surface area contributed by atoms with Gasteiger partial charge in [-0.3, -0.25) is 0 Å². The SMILES string of the molecule is CNc1c(C)c(C2=CNC(OC)=NC2)nn1-c1ccccc1. The molecule has 0 unspecified atom stereocenters. The first-order chi connectivity index (χ1) is 10.7. The number of aromatic nitrogens is 2. The zero-order valence-corrected chi connectivity index (χ0v) is 12.9. The fourth-order valence-electron chi connectivity index (χ4n) is 2.51. The second kappa shape index (κ2) is 5.93. The molecule has 22 heavy (non-hydrogen) atoms. The van der Waals surface area contributed by atoms with E-state index in [1.807, 2.05) is 48.3 Å². The summed E-state index contributed by atoms with van der Waals surface area (Å²) >= 11 is 0. The van der Waals surface area contributed by atoms with Gasteiger partial charge in [0.05, 0.1) is 25.0 Å². The zero-order chi connectivity index (χ0) is 15.5. The predicted molar refractivity (Wildman–Crippen MR) is 88.3 cm³/mol. The van der Waals surface area contributed by atoms with Crippen LogP contribution in [0.25, 0.3) is 11.3 Å². The van der Waals surface area contributed by atoms with Crippen LogP contribution >= 0.6 is 0 Å². The van der Waals surface area contributed by atoms with Crippen LogP contribution in [-0.2, 0) is 4.74 Å². The van der Waals surface area contributed by atoms with Gasteiger partial charge in [-0.2, -0.15) is 5.10 Å². The van der Waals surface area contributed by atoms with E-state index in [4.69, 9.17) is 9.84 Å². The molecular weight excluding hydrogens is 278 g/mol. The summed E-state index contributed by atoms with van der Waals surface area (Å²) in [5, 5.41) is 11.0. The molecule has 1 aromatic heterocycles. The van der Waals surface area contributed by atoms with Gasteiger partial charge < -0.3 is 15.4 Å². The fourth-order valence-corrected chi connectivity index (χ4v) is 2.51. The van der Waals surface area contributed by atoms with Crippen LogP contribution in [0, 0.1) is 6.92 Å². The number of para-hydroxylation sites is 1. The Morgan fingerprint density at radius 3 is 2.64 bits per heavy atom. The van der Waals surface area contributed by atoms with Crippen molar-refractivity contribution in [3.05, 3.63) is 47.8 Å². The molecule has 0 saturated heterocycles. The van der Waals surface area contributed by atoms with E-state index < -0.39 is 0 Å². The van der Waals surface area contributed by atoms with Crippen molar-refractivity contribution in [3.8, 4) is 5.69 Å². The van der Waals surface area contributed by atoms with Crippen molar-refractivity contribution >= 4 is 17.4 Å². The molecule has 0 radical (unpaired) electrons. The van der Waals surface area contributed by atoms with Gasteiger partial charge in [0.1, 0.15) is 5.82 Å². The molecule has 1 aliphatic rings. The van der Waals surface area contributed by atoms with Gasteiger partial charge in [-0.05, 0) is 19.1 Å². The van der Waals surface area contributed by atoms with Gasteiger partial charge >= 0.3 is 0 Å². The van der Waals surface area contributed by atoms with Crippen LogP contribution in [0.15, 0.2) is 41.5 Å². The summed E-state index contributed by atoms with van der Waals surface area (Å²) in [5.41, 5.74) is 4.08. The zero-order valence-electron chi connectivity index (χ0n) is 12.9. The Hall–Kier alpha value is -2.76. The standard InChI is InChI=1S/C16H19N5O/c1-11-14(12-9-18-16(22-3)19-10-12)20-21(15(11)17-2)13-7-5-4-6-8-13/h4-9,17H,10H2,1-3H3,(H,18,19). The molecule has 0 amide bonds. The fraction of sp³-hybridized carbons (Fsp3) is 0.250. The van der Waals surface area contributed by atoms with Gasteiger partial charge in [-0.15, -0.1) is 0 Å². The molecule has 1 aromatic carbocycles. The molecule has 3 rings (SSSR count). The van der Waals surface area contributed by atoms with E-state index in [0.29, 0.717) is 12.6 Å². The van der Waals surface area contributed by atoms with Gasteiger partial charge in [-0.1, -0.05) is 18.2 Å². The Morgan fingerprint density at radius 1 is 1.27 bits per heavy atom. The third-order valence-electron chi connectivity index (χ3n) is 3.62. The monoisotopic (exact) mass is 297 g/mol.